The average Bonchev–Trinajstić information content (AvgIpc) is 3.63. The van der Waals surface area contributed by atoms with E-state index in [1.807, 2.05) is 19.1 Å². The van der Waals surface area contributed by atoms with Gasteiger partial charge in [-0.1, -0.05) is 12.1 Å². The first-order valence-electron chi connectivity index (χ1n) is 14.4. The highest BCUT2D eigenvalue weighted by molar-refractivity contribution is 6.21. The first kappa shape index (κ1) is 29.5. The maximum atomic E-state index is 13.7. The van der Waals surface area contributed by atoms with Crippen LogP contribution in [0, 0.1) is 13.5 Å². The molecule has 0 saturated carbocycles. The maximum Gasteiger partial charge on any atom is 0.341 e. The predicted octanol–water partition coefficient (Wildman–Crippen LogP) is 4.42. The van der Waals surface area contributed by atoms with Crippen molar-refractivity contribution in [2.75, 3.05) is 31.5 Å². The van der Waals surface area contributed by atoms with Gasteiger partial charge in [0.15, 0.2) is 5.84 Å². The number of carboxylic acids is 1. The van der Waals surface area contributed by atoms with Crippen LogP contribution in [0.2, 0.25) is 0 Å². The number of benzene rings is 2. The molecule has 1 unspecified atom stereocenters. The van der Waals surface area contributed by atoms with Crippen molar-refractivity contribution in [2.24, 2.45) is 4.99 Å². The summed E-state index contributed by atoms with van der Waals surface area (Å²) in [6.45, 7) is 11.6. The number of anilines is 1. The lowest BCUT2D eigenvalue weighted by Gasteiger charge is -2.25. The number of carbonyl (C=O) groups is 4. The molecule has 0 aliphatic carbocycles. The zero-order valence-corrected chi connectivity index (χ0v) is 23.9. The highest BCUT2D eigenvalue weighted by atomic mass is 16.4. The third-order valence-corrected chi connectivity index (χ3v) is 7.80. The van der Waals surface area contributed by atoms with Gasteiger partial charge >= 0.3 is 12.0 Å². The Labute approximate surface area is 249 Å². The van der Waals surface area contributed by atoms with Crippen molar-refractivity contribution in [1.29, 1.82) is 0 Å². The molecule has 1 aromatic heterocycles. The average molecular weight is 584 g/mol. The lowest BCUT2D eigenvalue weighted by molar-refractivity contribution is -0.140. The summed E-state index contributed by atoms with van der Waals surface area (Å²) in [6.07, 6.45) is 3.72. The standard InChI is InChI=1S/C32H33N5O6/c1-20-17-23-18-24(12-13-26(23)43-20)34-30(28(33-2)29(39)21-8-10-22(11-9-21)32(41)42)35-25-7-3-4-16-37(31(25)40)19-27(38)36-14-5-6-15-36/h8-13,17-18,25,28H,3-7,14-16,19H2,1H3,(H,34,35)(H,41,42)/t25-,28?/m0/s1. The highest BCUT2D eigenvalue weighted by Crippen LogP contribution is 2.24. The van der Waals surface area contributed by atoms with Crippen LogP contribution >= 0.6 is 0 Å². The third-order valence-electron chi connectivity index (χ3n) is 7.80. The van der Waals surface area contributed by atoms with E-state index in [0.717, 1.165) is 24.0 Å². The molecule has 2 fully saturated rings. The quantitative estimate of drug-likeness (QED) is 0.173. The molecule has 222 valence electrons. The van der Waals surface area contributed by atoms with Crippen molar-refractivity contribution in [1.82, 2.24) is 9.80 Å². The number of hydrogen-bond donors (Lipinski definition) is 2. The number of ketones is 1. The molecule has 0 spiro atoms. The van der Waals surface area contributed by atoms with Crippen LogP contribution in [0.15, 0.2) is 57.9 Å². The van der Waals surface area contributed by atoms with E-state index in [0.29, 0.717) is 50.2 Å². The van der Waals surface area contributed by atoms with E-state index in [-0.39, 0.29) is 35.3 Å². The smallest absolute Gasteiger partial charge is 0.341 e. The molecule has 2 aliphatic rings. The van der Waals surface area contributed by atoms with Crippen molar-refractivity contribution in [3.63, 3.8) is 0 Å². The summed E-state index contributed by atoms with van der Waals surface area (Å²) in [7, 11) is 0. The topological polar surface area (TPSA) is 137 Å². The van der Waals surface area contributed by atoms with Gasteiger partial charge in [-0.2, -0.15) is 0 Å². The van der Waals surface area contributed by atoms with Crippen LogP contribution in [0.5, 0.6) is 0 Å². The van der Waals surface area contributed by atoms with Crippen molar-refractivity contribution in [3.8, 4) is 0 Å². The first-order valence-corrected chi connectivity index (χ1v) is 14.4. The van der Waals surface area contributed by atoms with Gasteiger partial charge in [-0.05, 0) is 75.4 Å². The van der Waals surface area contributed by atoms with Crippen LogP contribution in [-0.4, -0.2) is 82.6 Å². The number of aliphatic imine (C=N–C) groups is 1. The van der Waals surface area contributed by atoms with Crippen LogP contribution in [0.3, 0.4) is 0 Å². The molecule has 2 saturated heterocycles. The van der Waals surface area contributed by atoms with Crippen molar-refractivity contribution in [3.05, 3.63) is 76.8 Å². The molecule has 2 amide bonds. The van der Waals surface area contributed by atoms with Gasteiger partial charge in [0, 0.05) is 36.3 Å². The minimum absolute atomic E-state index is 0.00736. The second kappa shape index (κ2) is 12.9. The fraction of sp³-hybridized carbons (Fsp3) is 0.375. The number of furan rings is 1. The van der Waals surface area contributed by atoms with Gasteiger partial charge in [-0.3, -0.25) is 24.2 Å². The third kappa shape index (κ3) is 6.75. The van der Waals surface area contributed by atoms with Gasteiger partial charge < -0.3 is 24.6 Å². The van der Waals surface area contributed by atoms with Crippen molar-refractivity contribution < 1.29 is 28.7 Å². The van der Waals surface area contributed by atoms with E-state index in [1.54, 1.807) is 21.9 Å². The Kier molecular flexibility index (Phi) is 8.85. The molecule has 2 atom stereocenters. The molecule has 0 bridgehead atoms. The van der Waals surface area contributed by atoms with Crippen LogP contribution in [0.4, 0.5) is 5.69 Å². The van der Waals surface area contributed by atoms with Crippen molar-refractivity contribution in [2.45, 2.75) is 51.1 Å². The summed E-state index contributed by atoms with van der Waals surface area (Å²) in [6, 6.07) is 10.2. The Balaban J connectivity index is 1.47. The van der Waals surface area contributed by atoms with E-state index < -0.39 is 23.8 Å². The maximum absolute atomic E-state index is 13.7. The van der Waals surface area contributed by atoms with E-state index in [1.165, 1.54) is 24.3 Å². The highest BCUT2D eigenvalue weighted by Gasteiger charge is 2.36. The number of aryl methyl sites for hydroxylation is 1. The summed E-state index contributed by atoms with van der Waals surface area (Å²) < 4.78 is 5.67. The SMILES string of the molecule is [C-]#[N+]C(C(=O)c1ccc(C(=O)O)cc1)C(=N[C@H]1CCCCN(CC(=O)N2CCCC2)C1=O)Nc1ccc2oc(C)cc2c1. The van der Waals surface area contributed by atoms with Gasteiger partial charge in [0.2, 0.25) is 11.8 Å². The summed E-state index contributed by atoms with van der Waals surface area (Å²) in [5, 5.41) is 13.2. The number of aromatic carboxylic acids is 1. The van der Waals surface area contributed by atoms with Crippen LogP contribution in [-0.2, 0) is 9.59 Å². The van der Waals surface area contributed by atoms with Crippen LogP contribution < -0.4 is 5.32 Å². The zero-order chi connectivity index (χ0) is 30.5. The number of carbonyl (C=O) groups excluding carboxylic acids is 3. The fourth-order valence-corrected chi connectivity index (χ4v) is 5.51. The molecule has 11 heteroatoms. The summed E-state index contributed by atoms with van der Waals surface area (Å²) >= 11 is 0. The Bertz CT molecular complexity index is 1610. The molecule has 0 radical (unpaired) electrons. The summed E-state index contributed by atoms with van der Waals surface area (Å²) in [4.78, 5) is 63.1. The molecular weight excluding hydrogens is 550 g/mol. The molecule has 2 aliphatic heterocycles. The number of fused-ring (bicyclic) bond motifs is 1. The normalized spacial score (nSPS) is 18.3. The van der Waals surface area contributed by atoms with Gasteiger partial charge in [-0.25, -0.2) is 11.4 Å². The van der Waals surface area contributed by atoms with E-state index in [2.05, 4.69) is 10.2 Å². The molecule has 11 nitrogen and oxygen atoms in total. The summed E-state index contributed by atoms with van der Waals surface area (Å²) in [5.74, 6) is -1.38. The van der Waals surface area contributed by atoms with Crippen LogP contribution in [0.25, 0.3) is 15.8 Å². The molecule has 2 N–H and O–H groups in total. The second-order valence-electron chi connectivity index (χ2n) is 10.9. The molecule has 3 aromatic rings. The number of nitrogens with one attached hydrogen (secondary N) is 1. The molecular formula is C32H33N5O6. The van der Waals surface area contributed by atoms with Gasteiger partial charge in [0.1, 0.15) is 17.4 Å². The number of hydrogen-bond acceptors (Lipinski definition) is 6. The van der Waals surface area contributed by atoms with Crippen LogP contribution in [0.1, 0.15) is 58.6 Å². The largest absolute Gasteiger partial charge is 0.478 e. The molecule has 3 heterocycles. The lowest BCUT2D eigenvalue weighted by atomic mass is 10.0. The van der Waals surface area contributed by atoms with E-state index >= 15 is 0 Å². The lowest BCUT2D eigenvalue weighted by Crippen LogP contribution is -2.45. The summed E-state index contributed by atoms with van der Waals surface area (Å²) in [5.41, 5.74) is 1.39. The van der Waals surface area contributed by atoms with E-state index in [4.69, 9.17) is 16.0 Å². The van der Waals surface area contributed by atoms with Gasteiger partial charge in [0.25, 0.3) is 5.78 Å². The Hall–Kier alpha value is -4.98. The number of rotatable bonds is 8. The number of likely N-dealkylation sites (tertiary alicyclic amines) is 2. The van der Waals surface area contributed by atoms with Gasteiger partial charge in [0.05, 0.1) is 12.1 Å². The number of nitrogens with zero attached hydrogens (tertiary/aromatic N) is 4. The second-order valence-corrected chi connectivity index (χ2v) is 10.9. The molecule has 43 heavy (non-hydrogen) atoms. The van der Waals surface area contributed by atoms with Crippen molar-refractivity contribution >= 4 is 46.1 Å². The predicted molar refractivity (Wildman–Crippen MR) is 160 cm³/mol. The zero-order valence-electron chi connectivity index (χ0n) is 23.9. The fourth-order valence-electron chi connectivity index (χ4n) is 5.51. The number of carboxylic acid groups (broad SMARTS) is 1. The minimum atomic E-state index is -1.42. The first-order chi connectivity index (χ1) is 20.7. The number of Topliss-reactive ketones (excluding diaryl/α,β-unsaturated/α-hetero) is 1. The number of amides is 2. The monoisotopic (exact) mass is 583 g/mol. The Morgan fingerprint density at radius 3 is 2.44 bits per heavy atom. The van der Waals surface area contributed by atoms with E-state index in [9.17, 15) is 24.3 Å². The molecule has 5 rings (SSSR count). The van der Waals surface area contributed by atoms with Gasteiger partial charge in [-0.15, -0.1) is 0 Å². The number of amidine groups is 1. The minimum Gasteiger partial charge on any atom is -0.478 e. The molecule has 2 aromatic carbocycles. The Morgan fingerprint density at radius 2 is 1.74 bits per heavy atom. The Morgan fingerprint density at radius 1 is 1.05 bits per heavy atom.